The molecule has 116 valence electrons. The van der Waals surface area contributed by atoms with Crippen molar-refractivity contribution in [3.63, 3.8) is 0 Å². The van der Waals surface area contributed by atoms with Crippen molar-refractivity contribution >= 4 is 32.8 Å². The highest BCUT2D eigenvalue weighted by molar-refractivity contribution is 9.10. The fourth-order valence-electron chi connectivity index (χ4n) is 2.41. The lowest BCUT2D eigenvalue weighted by molar-refractivity contribution is 0.0696. The summed E-state index contributed by atoms with van der Waals surface area (Å²) in [4.78, 5) is 37.4. The Hall–Kier alpha value is -2.67. The van der Waals surface area contributed by atoms with E-state index in [2.05, 4.69) is 20.9 Å². The first-order chi connectivity index (χ1) is 11.0. The van der Waals surface area contributed by atoms with Gasteiger partial charge in [0.2, 0.25) is 0 Å². The maximum Gasteiger partial charge on any atom is 0.335 e. The van der Waals surface area contributed by atoms with Gasteiger partial charge in [-0.2, -0.15) is 0 Å². The molecule has 0 saturated carbocycles. The highest BCUT2D eigenvalue weighted by atomic mass is 79.9. The first-order valence-electron chi connectivity index (χ1n) is 6.70. The van der Waals surface area contributed by atoms with Crippen molar-refractivity contribution in [2.75, 3.05) is 0 Å². The average molecular weight is 375 g/mol. The van der Waals surface area contributed by atoms with E-state index in [0.717, 1.165) is 4.47 Å². The van der Waals surface area contributed by atoms with Crippen molar-refractivity contribution in [1.82, 2.24) is 9.55 Å². The van der Waals surface area contributed by atoms with Crippen LogP contribution in [0.5, 0.6) is 0 Å². The second-order valence-corrected chi connectivity index (χ2v) is 5.93. The van der Waals surface area contributed by atoms with E-state index >= 15 is 0 Å². The number of nitrogens with zero attached hydrogens (tertiary/aromatic N) is 1. The Balaban J connectivity index is 2.17. The number of nitrogens with one attached hydrogen (secondary N) is 1. The van der Waals surface area contributed by atoms with Crippen molar-refractivity contribution in [3.05, 3.63) is 78.9 Å². The Morgan fingerprint density at radius 1 is 1.17 bits per heavy atom. The third kappa shape index (κ3) is 2.95. The molecular weight excluding hydrogens is 364 g/mol. The van der Waals surface area contributed by atoms with Crippen molar-refractivity contribution in [2.45, 2.75) is 6.54 Å². The number of aromatic amines is 1. The lowest BCUT2D eigenvalue weighted by Crippen LogP contribution is -2.30. The average Bonchev–Trinajstić information content (AvgIpc) is 2.52. The van der Waals surface area contributed by atoms with Crippen molar-refractivity contribution in [2.24, 2.45) is 0 Å². The topological polar surface area (TPSA) is 92.2 Å². The molecule has 0 spiro atoms. The van der Waals surface area contributed by atoms with Crippen molar-refractivity contribution in [1.29, 1.82) is 0 Å². The molecule has 0 saturated heterocycles. The van der Waals surface area contributed by atoms with Crippen LogP contribution in [-0.4, -0.2) is 20.6 Å². The number of aromatic carboxylic acids is 1. The minimum Gasteiger partial charge on any atom is -0.478 e. The molecule has 6 nitrogen and oxygen atoms in total. The number of carboxylic acids is 1. The Morgan fingerprint density at radius 2 is 1.96 bits per heavy atom. The quantitative estimate of drug-likeness (QED) is 0.734. The van der Waals surface area contributed by atoms with Gasteiger partial charge in [0, 0.05) is 4.47 Å². The predicted molar refractivity (Wildman–Crippen MR) is 89.0 cm³/mol. The van der Waals surface area contributed by atoms with E-state index < -0.39 is 17.2 Å². The zero-order chi connectivity index (χ0) is 16.6. The van der Waals surface area contributed by atoms with E-state index in [0.29, 0.717) is 16.5 Å². The molecule has 3 rings (SSSR count). The zero-order valence-electron chi connectivity index (χ0n) is 11.7. The van der Waals surface area contributed by atoms with Crippen LogP contribution in [0.25, 0.3) is 10.9 Å². The summed E-state index contributed by atoms with van der Waals surface area (Å²) in [6.45, 7) is 0.162. The van der Waals surface area contributed by atoms with Gasteiger partial charge in [0.15, 0.2) is 0 Å². The summed E-state index contributed by atoms with van der Waals surface area (Å²) < 4.78 is 2.14. The van der Waals surface area contributed by atoms with E-state index in [4.69, 9.17) is 5.11 Å². The van der Waals surface area contributed by atoms with Crippen LogP contribution in [0, 0.1) is 0 Å². The van der Waals surface area contributed by atoms with Crippen molar-refractivity contribution in [3.8, 4) is 0 Å². The van der Waals surface area contributed by atoms with Gasteiger partial charge in [-0.25, -0.2) is 9.59 Å². The summed E-state index contributed by atoms with van der Waals surface area (Å²) in [5, 5.41) is 9.43. The van der Waals surface area contributed by atoms with E-state index in [9.17, 15) is 14.4 Å². The number of rotatable bonds is 3. The molecule has 0 radical (unpaired) electrons. The van der Waals surface area contributed by atoms with E-state index in [-0.39, 0.29) is 12.1 Å². The lowest BCUT2D eigenvalue weighted by Gasteiger charge is -2.10. The van der Waals surface area contributed by atoms with Gasteiger partial charge >= 0.3 is 11.7 Å². The third-order valence-corrected chi connectivity index (χ3v) is 3.97. The lowest BCUT2D eigenvalue weighted by atomic mass is 10.1. The SMILES string of the molecule is O=C(O)c1cccc(Cn2c(=O)[nH]c(=O)c3cc(Br)ccc32)c1. The summed E-state index contributed by atoms with van der Waals surface area (Å²) >= 11 is 3.30. The molecule has 0 unspecified atom stereocenters. The van der Waals surface area contributed by atoms with Crippen LogP contribution in [0.15, 0.2) is 56.5 Å². The van der Waals surface area contributed by atoms with Gasteiger partial charge in [-0.15, -0.1) is 0 Å². The van der Waals surface area contributed by atoms with Crippen LogP contribution in [0.1, 0.15) is 15.9 Å². The number of carboxylic acid groups (broad SMARTS) is 1. The van der Waals surface area contributed by atoms with Crippen LogP contribution < -0.4 is 11.2 Å². The normalized spacial score (nSPS) is 10.8. The first-order valence-corrected chi connectivity index (χ1v) is 7.49. The molecule has 0 atom stereocenters. The molecule has 0 aliphatic heterocycles. The molecule has 1 aromatic heterocycles. The Kier molecular flexibility index (Phi) is 3.87. The smallest absolute Gasteiger partial charge is 0.335 e. The van der Waals surface area contributed by atoms with Gasteiger partial charge < -0.3 is 5.11 Å². The minimum absolute atomic E-state index is 0.145. The zero-order valence-corrected chi connectivity index (χ0v) is 13.3. The molecule has 0 aliphatic rings. The second-order valence-electron chi connectivity index (χ2n) is 5.01. The summed E-state index contributed by atoms with van der Waals surface area (Å²) in [6, 6.07) is 11.4. The summed E-state index contributed by atoms with van der Waals surface area (Å²) in [5.74, 6) is -1.03. The maximum absolute atomic E-state index is 12.1. The molecule has 7 heteroatoms. The van der Waals surface area contributed by atoms with Gasteiger partial charge in [-0.1, -0.05) is 28.1 Å². The fourth-order valence-corrected chi connectivity index (χ4v) is 2.77. The molecule has 0 fully saturated rings. The maximum atomic E-state index is 12.1. The van der Waals surface area contributed by atoms with E-state index in [1.807, 2.05) is 0 Å². The molecule has 2 N–H and O–H groups in total. The Bertz CT molecular complexity index is 1040. The number of hydrogen-bond acceptors (Lipinski definition) is 3. The highest BCUT2D eigenvalue weighted by Crippen LogP contribution is 2.17. The molecule has 0 amide bonds. The van der Waals surface area contributed by atoms with Gasteiger partial charge in [0.05, 0.1) is 23.0 Å². The van der Waals surface area contributed by atoms with Gasteiger partial charge in [-0.3, -0.25) is 14.3 Å². The summed E-state index contributed by atoms with van der Waals surface area (Å²) in [5.41, 5.74) is 0.297. The standard InChI is InChI=1S/C16H11BrN2O4/c17-11-4-5-13-12(7-11)14(20)18-16(23)19(13)8-9-2-1-3-10(6-9)15(21)22/h1-7H,8H2,(H,21,22)(H,18,20,23). The molecule has 0 aliphatic carbocycles. The van der Waals surface area contributed by atoms with Gasteiger partial charge in [0.25, 0.3) is 5.56 Å². The monoisotopic (exact) mass is 374 g/mol. The van der Waals surface area contributed by atoms with Gasteiger partial charge in [-0.05, 0) is 35.9 Å². The Labute approximate surface area is 138 Å². The summed E-state index contributed by atoms with van der Waals surface area (Å²) in [6.07, 6.45) is 0. The van der Waals surface area contributed by atoms with Gasteiger partial charge in [0.1, 0.15) is 0 Å². The minimum atomic E-state index is -1.03. The highest BCUT2D eigenvalue weighted by Gasteiger charge is 2.10. The third-order valence-electron chi connectivity index (χ3n) is 3.47. The molecule has 0 bridgehead atoms. The molecular formula is C16H11BrN2O4. The van der Waals surface area contributed by atoms with Crippen LogP contribution in [0.3, 0.4) is 0 Å². The molecule has 2 aromatic carbocycles. The van der Waals surface area contributed by atoms with Crippen molar-refractivity contribution < 1.29 is 9.90 Å². The van der Waals surface area contributed by atoms with Crippen LogP contribution in [0.2, 0.25) is 0 Å². The number of halogens is 1. The number of aromatic nitrogens is 2. The van der Waals surface area contributed by atoms with Crippen LogP contribution in [-0.2, 0) is 6.54 Å². The Morgan fingerprint density at radius 3 is 2.70 bits per heavy atom. The second kappa shape index (κ2) is 5.85. The summed E-state index contributed by atoms with van der Waals surface area (Å²) in [7, 11) is 0. The number of fused-ring (bicyclic) bond motifs is 1. The molecule has 3 aromatic rings. The number of hydrogen-bond donors (Lipinski definition) is 2. The van der Waals surface area contributed by atoms with Crippen LogP contribution >= 0.6 is 15.9 Å². The van der Waals surface area contributed by atoms with E-state index in [1.165, 1.54) is 16.7 Å². The number of benzene rings is 2. The number of carbonyl (C=O) groups is 1. The predicted octanol–water partition coefficient (Wildman–Crippen LogP) is 2.20. The largest absolute Gasteiger partial charge is 0.478 e. The molecule has 23 heavy (non-hydrogen) atoms. The van der Waals surface area contributed by atoms with Crippen LogP contribution in [0.4, 0.5) is 0 Å². The van der Waals surface area contributed by atoms with E-state index in [1.54, 1.807) is 30.3 Å². The molecule has 1 heterocycles. The number of H-pyrrole nitrogens is 1. The first kappa shape index (κ1) is 15.2. The fraction of sp³-hybridized carbons (Fsp3) is 0.0625.